The van der Waals surface area contributed by atoms with Crippen LogP contribution in [-0.2, 0) is 16.8 Å². The second kappa shape index (κ2) is 8.52. The van der Waals surface area contributed by atoms with Gasteiger partial charge in [-0.05, 0) is 48.9 Å². The Morgan fingerprint density at radius 2 is 2.03 bits per heavy atom. The first-order valence-corrected chi connectivity index (χ1v) is 13.6. The predicted molar refractivity (Wildman–Crippen MR) is 146 cm³/mol. The van der Waals surface area contributed by atoms with Crippen molar-refractivity contribution in [1.29, 1.82) is 0 Å². The Morgan fingerprint density at radius 1 is 1.21 bits per heavy atom. The number of anilines is 1. The Labute approximate surface area is 233 Å². The van der Waals surface area contributed by atoms with E-state index in [4.69, 9.17) is 28.3 Å². The second-order valence-corrected chi connectivity index (χ2v) is 11.3. The molecule has 198 valence electrons. The summed E-state index contributed by atoms with van der Waals surface area (Å²) in [5, 5.41) is 18.8. The Kier molecular flexibility index (Phi) is 5.37. The fourth-order valence-corrected chi connectivity index (χ4v) is 7.56. The summed E-state index contributed by atoms with van der Waals surface area (Å²) in [5.74, 6) is -2.51. The normalized spacial score (nSPS) is 25.2. The van der Waals surface area contributed by atoms with Crippen LogP contribution >= 0.6 is 23.2 Å². The van der Waals surface area contributed by atoms with Gasteiger partial charge in [-0.25, -0.2) is 9.18 Å². The lowest BCUT2D eigenvalue weighted by atomic mass is 9.73. The number of aromatic nitrogens is 2. The molecule has 1 amide bonds. The minimum absolute atomic E-state index is 0.0159. The number of nitrogens with zero attached hydrogens (tertiary/aromatic N) is 3. The molecule has 0 saturated carbocycles. The number of hydrogen-bond donors (Lipinski definition) is 2. The van der Waals surface area contributed by atoms with Gasteiger partial charge >= 0.3 is 5.97 Å². The van der Waals surface area contributed by atoms with E-state index in [1.807, 2.05) is 10.7 Å². The standard InChI is InChI=1S/C29H23Cl2FN4O3/c1-2-10-35-23-13-22-16-8-6-14(27(37)38)11-20(16)34-36(22)26(23)24(17-4-3-5-19(31)25(17)32)29(35)18-9-7-15(30)12-21(18)33-28(29)39/h3-9,11-12,23-24,26H,2,10,13H2,1H3,(H,33,39)(H,37,38)/t23-,24-,26?,29+/m0/s1. The van der Waals surface area contributed by atoms with Crippen LogP contribution in [0.15, 0.2) is 54.6 Å². The number of carbonyl (C=O) groups excluding carboxylic acids is 1. The number of rotatable bonds is 4. The molecule has 3 aliphatic rings. The third kappa shape index (κ3) is 3.16. The van der Waals surface area contributed by atoms with Crippen LogP contribution in [0.2, 0.25) is 10.0 Å². The van der Waals surface area contributed by atoms with E-state index in [0.29, 0.717) is 34.8 Å². The molecule has 2 N–H and O–H groups in total. The number of fused-ring (bicyclic) bond motifs is 7. The summed E-state index contributed by atoms with van der Waals surface area (Å²) in [6, 6.07) is 14.6. The highest BCUT2D eigenvalue weighted by molar-refractivity contribution is 6.31. The fraction of sp³-hybridized carbons (Fsp3) is 0.276. The lowest BCUT2D eigenvalue weighted by Crippen LogP contribution is -2.52. The molecular formula is C29H23Cl2FN4O3. The average molecular weight is 565 g/mol. The van der Waals surface area contributed by atoms with Gasteiger partial charge in [-0.15, -0.1) is 0 Å². The minimum atomic E-state index is -1.22. The number of likely N-dealkylation sites (tertiary alicyclic amines) is 1. The highest BCUT2D eigenvalue weighted by atomic mass is 35.5. The van der Waals surface area contributed by atoms with Crippen LogP contribution in [-0.4, -0.2) is 44.3 Å². The molecular weight excluding hydrogens is 542 g/mol. The van der Waals surface area contributed by atoms with Crippen molar-refractivity contribution in [2.24, 2.45) is 0 Å². The Bertz CT molecular complexity index is 1720. The summed E-state index contributed by atoms with van der Waals surface area (Å²) < 4.78 is 17.8. The molecule has 1 fully saturated rings. The molecule has 3 aliphatic heterocycles. The minimum Gasteiger partial charge on any atom is -0.478 e. The molecule has 10 heteroatoms. The summed E-state index contributed by atoms with van der Waals surface area (Å²) in [5.41, 5.74) is 2.11. The number of carboxylic acids is 1. The number of benzene rings is 3. The van der Waals surface area contributed by atoms with Crippen molar-refractivity contribution < 1.29 is 19.1 Å². The summed E-state index contributed by atoms with van der Waals surface area (Å²) in [7, 11) is 0. The van der Waals surface area contributed by atoms with Crippen molar-refractivity contribution in [3.63, 3.8) is 0 Å². The SMILES string of the molecule is CCCN1[C@H]2Cc3c4ccc(C(=O)O)cc4nn3C2[C@H](c2cccc(Cl)c2F)[C@]12C(=O)Nc1cc(Cl)ccc12. The number of aromatic carboxylic acids is 1. The maximum absolute atomic E-state index is 16.0. The van der Waals surface area contributed by atoms with E-state index in [-0.39, 0.29) is 22.5 Å². The molecule has 1 aromatic heterocycles. The van der Waals surface area contributed by atoms with Gasteiger partial charge in [-0.3, -0.25) is 14.4 Å². The number of halogens is 3. The van der Waals surface area contributed by atoms with Gasteiger partial charge in [0, 0.05) is 45.7 Å². The second-order valence-electron chi connectivity index (χ2n) is 10.4. The van der Waals surface area contributed by atoms with Gasteiger partial charge < -0.3 is 10.4 Å². The molecule has 1 spiro atoms. The van der Waals surface area contributed by atoms with Gasteiger partial charge in [0.05, 0.1) is 22.1 Å². The van der Waals surface area contributed by atoms with Crippen molar-refractivity contribution in [2.45, 2.75) is 43.3 Å². The van der Waals surface area contributed by atoms with Crippen LogP contribution in [0, 0.1) is 5.82 Å². The third-order valence-electron chi connectivity index (χ3n) is 8.54. The monoisotopic (exact) mass is 564 g/mol. The third-order valence-corrected chi connectivity index (χ3v) is 9.07. The molecule has 7 nitrogen and oxygen atoms in total. The summed E-state index contributed by atoms with van der Waals surface area (Å²) in [6.45, 7) is 2.66. The van der Waals surface area contributed by atoms with Gasteiger partial charge in [0.2, 0.25) is 5.91 Å². The number of carboxylic acid groups (broad SMARTS) is 1. The molecule has 7 rings (SSSR count). The number of amides is 1. The van der Waals surface area contributed by atoms with E-state index in [2.05, 4.69) is 17.1 Å². The first-order valence-electron chi connectivity index (χ1n) is 12.8. The Morgan fingerprint density at radius 3 is 2.79 bits per heavy atom. The van der Waals surface area contributed by atoms with Crippen molar-refractivity contribution in [3.8, 4) is 0 Å². The van der Waals surface area contributed by atoms with Crippen LogP contribution in [0.1, 0.15) is 52.5 Å². The molecule has 0 aliphatic carbocycles. The van der Waals surface area contributed by atoms with E-state index in [9.17, 15) is 14.7 Å². The molecule has 3 aromatic carbocycles. The van der Waals surface area contributed by atoms with Gasteiger partial charge in [-0.1, -0.05) is 54.4 Å². The zero-order chi connectivity index (χ0) is 27.2. The largest absolute Gasteiger partial charge is 0.478 e. The first-order chi connectivity index (χ1) is 18.8. The Balaban J connectivity index is 1.53. The van der Waals surface area contributed by atoms with Crippen LogP contribution < -0.4 is 5.32 Å². The summed E-state index contributed by atoms with van der Waals surface area (Å²) in [6.07, 6.45) is 1.35. The van der Waals surface area contributed by atoms with Crippen LogP contribution in [0.25, 0.3) is 10.9 Å². The molecule has 1 saturated heterocycles. The van der Waals surface area contributed by atoms with Gasteiger partial charge in [-0.2, -0.15) is 5.10 Å². The highest BCUT2D eigenvalue weighted by Crippen LogP contribution is 2.63. The predicted octanol–water partition coefficient (Wildman–Crippen LogP) is 6.00. The summed E-state index contributed by atoms with van der Waals surface area (Å²) in [4.78, 5) is 28.1. The van der Waals surface area contributed by atoms with Crippen LogP contribution in [0.3, 0.4) is 0 Å². The van der Waals surface area contributed by atoms with Gasteiger partial charge in [0.1, 0.15) is 11.4 Å². The van der Waals surface area contributed by atoms with Crippen LogP contribution in [0.4, 0.5) is 10.1 Å². The van der Waals surface area contributed by atoms with E-state index >= 15 is 4.39 Å². The summed E-state index contributed by atoms with van der Waals surface area (Å²) >= 11 is 12.6. The van der Waals surface area contributed by atoms with E-state index in [1.54, 1.807) is 42.5 Å². The number of hydrogen-bond acceptors (Lipinski definition) is 4. The lowest BCUT2D eigenvalue weighted by Gasteiger charge is -2.40. The van der Waals surface area contributed by atoms with E-state index in [1.165, 1.54) is 6.07 Å². The molecule has 4 aromatic rings. The highest BCUT2D eigenvalue weighted by Gasteiger charge is 2.69. The molecule has 1 unspecified atom stereocenters. The molecule has 39 heavy (non-hydrogen) atoms. The maximum atomic E-state index is 16.0. The first kappa shape index (κ1) is 24.6. The maximum Gasteiger partial charge on any atom is 0.335 e. The smallest absolute Gasteiger partial charge is 0.335 e. The zero-order valence-corrected chi connectivity index (χ0v) is 22.3. The van der Waals surface area contributed by atoms with Gasteiger partial charge in [0.15, 0.2) is 0 Å². The quantitative estimate of drug-likeness (QED) is 0.317. The Hall–Kier alpha value is -3.46. The van der Waals surface area contributed by atoms with E-state index in [0.717, 1.165) is 23.1 Å². The van der Waals surface area contributed by atoms with Crippen LogP contribution in [0.5, 0.6) is 0 Å². The lowest BCUT2D eigenvalue weighted by molar-refractivity contribution is -0.127. The van der Waals surface area contributed by atoms with E-state index < -0.39 is 29.3 Å². The fourth-order valence-electron chi connectivity index (χ4n) is 7.21. The van der Waals surface area contributed by atoms with Crippen molar-refractivity contribution in [3.05, 3.63) is 92.8 Å². The average Bonchev–Trinajstić information content (AvgIpc) is 3.59. The van der Waals surface area contributed by atoms with Gasteiger partial charge in [0.25, 0.3) is 0 Å². The molecule has 4 atom stereocenters. The zero-order valence-electron chi connectivity index (χ0n) is 20.8. The van der Waals surface area contributed by atoms with Crippen molar-refractivity contribution in [1.82, 2.24) is 14.7 Å². The molecule has 4 heterocycles. The topological polar surface area (TPSA) is 87.5 Å². The molecule has 0 radical (unpaired) electrons. The van der Waals surface area contributed by atoms with Crippen molar-refractivity contribution >= 4 is 51.7 Å². The molecule has 0 bridgehead atoms. The van der Waals surface area contributed by atoms with Crippen molar-refractivity contribution in [2.75, 3.05) is 11.9 Å². The number of carbonyl (C=O) groups is 2. The number of nitrogens with one attached hydrogen (secondary N) is 1.